The molecule has 2 fully saturated rings. The molecule has 16 heavy (non-hydrogen) atoms. The number of aliphatic hydroxyl groups is 1. The Morgan fingerprint density at radius 1 is 1.75 bits per heavy atom. The maximum Gasteiger partial charge on any atom is 0.305 e. The van der Waals surface area contributed by atoms with E-state index in [1.807, 2.05) is 0 Å². The Labute approximate surface area is 95.2 Å². The molecule has 90 valence electrons. The summed E-state index contributed by atoms with van der Waals surface area (Å²) in [6, 6.07) is 0. The van der Waals surface area contributed by atoms with Gasteiger partial charge < -0.3 is 14.6 Å². The van der Waals surface area contributed by atoms with Crippen LogP contribution in [0.5, 0.6) is 0 Å². The number of carbonyl (C=O) groups excluding carboxylic acids is 1. The summed E-state index contributed by atoms with van der Waals surface area (Å²) < 4.78 is 10.0. The van der Waals surface area contributed by atoms with E-state index in [0.717, 1.165) is 12.8 Å². The highest BCUT2D eigenvalue weighted by Crippen LogP contribution is 2.47. The van der Waals surface area contributed by atoms with Crippen molar-refractivity contribution in [2.45, 2.75) is 31.0 Å². The summed E-state index contributed by atoms with van der Waals surface area (Å²) in [6.45, 7) is 4.32. The van der Waals surface area contributed by atoms with Crippen molar-refractivity contribution >= 4 is 5.97 Å². The number of epoxide rings is 1. The first kappa shape index (κ1) is 11.6. The highest BCUT2D eigenvalue weighted by Gasteiger charge is 2.57. The van der Waals surface area contributed by atoms with Crippen LogP contribution in [0.25, 0.3) is 0 Å². The largest absolute Gasteiger partial charge is 0.469 e. The molecule has 1 spiro atoms. The number of ether oxygens (including phenoxy) is 2. The summed E-state index contributed by atoms with van der Waals surface area (Å²) in [5.74, 6) is 0.0484. The number of carbonyl (C=O) groups is 1. The summed E-state index contributed by atoms with van der Waals surface area (Å²) in [6.07, 6.45) is 3.22. The Morgan fingerprint density at radius 2 is 2.44 bits per heavy atom. The number of aliphatic hydroxyl groups excluding tert-OH is 1. The smallest absolute Gasteiger partial charge is 0.305 e. The summed E-state index contributed by atoms with van der Waals surface area (Å²) >= 11 is 0. The molecule has 1 aliphatic carbocycles. The molecular weight excluding hydrogens is 208 g/mol. The van der Waals surface area contributed by atoms with E-state index < -0.39 is 11.7 Å². The zero-order valence-corrected chi connectivity index (χ0v) is 9.52. The summed E-state index contributed by atoms with van der Waals surface area (Å²) in [5, 5.41) is 10.1. The number of hydrogen-bond donors (Lipinski definition) is 1. The summed E-state index contributed by atoms with van der Waals surface area (Å²) in [7, 11) is 1.40. The second-order valence-electron chi connectivity index (χ2n) is 4.78. The van der Waals surface area contributed by atoms with E-state index in [2.05, 4.69) is 11.3 Å². The van der Waals surface area contributed by atoms with Gasteiger partial charge in [-0.25, -0.2) is 0 Å². The molecule has 0 aromatic rings. The molecule has 0 aromatic heterocycles. The standard InChI is InChI=1S/C12H18O4/c1-3-9-4-8(5-10(13)15-2)6-12(7-16-12)11(9)14/h3,8-9,11,14H,1,4-7H2,2H3/t8-,9+,11-,12-/m1/s1. The van der Waals surface area contributed by atoms with Crippen molar-refractivity contribution in [3.05, 3.63) is 12.7 Å². The third-order valence-electron chi connectivity index (χ3n) is 3.69. The molecule has 1 N–H and O–H groups in total. The van der Waals surface area contributed by atoms with Gasteiger partial charge >= 0.3 is 5.97 Å². The third-order valence-corrected chi connectivity index (χ3v) is 3.69. The fraction of sp³-hybridized carbons (Fsp3) is 0.750. The van der Waals surface area contributed by atoms with E-state index in [1.54, 1.807) is 6.08 Å². The van der Waals surface area contributed by atoms with Gasteiger partial charge in [0.25, 0.3) is 0 Å². The lowest BCUT2D eigenvalue weighted by Crippen LogP contribution is -2.43. The van der Waals surface area contributed by atoms with E-state index >= 15 is 0 Å². The number of esters is 1. The van der Waals surface area contributed by atoms with Crippen LogP contribution in [-0.2, 0) is 14.3 Å². The zero-order valence-electron chi connectivity index (χ0n) is 9.52. The Bertz CT molecular complexity index is 295. The lowest BCUT2D eigenvalue weighted by Gasteiger charge is -2.36. The van der Waals surface area contributed by atoms with Crippen LogP contribution in [0.4, 0.5) is 0 Å². The van der Waals surface area contributed by atoms with Crippen LogP contribution in [0.3, 0.4) is 0 Å². The molecule has 2 rings (SSSR count). The van der Waals surface area contributed by atoms with Gasteiger partial charge in [-0.05, 0) is 18.8 Å². The average molecular weight is 226 g/mol. The van der Waals surface area contributed by atoms with Crippen molar-refractivity contribution in [2.75, 3.05) is 13.7 Å². The molecule has 0 amide bonds. The molecule has 4 nitrogen and oxygen atoms in total. The minimum absolute atomic E-state index is 0.0194. The Hall–Kier alpha value is -0.870. The highest BCUT2D eigenvalue weighted by molar-refractivity contribution is 5.69. The third kappa shape index (κ3) is 1.99. The SMILES string of the molecule is C=C[C@H]1C[C@H](CC(=O)OC)C[C@@]2(CO2)[C@@H]1O. The molecule has 0 unspecified atom stereocenters. The molecule has 0 bridgehead atoms. The molecular formula is C12H18O4. The van der Waals surface area contributed by atoms with Crippen molar-refractivity contribution in [3.63, 3.8) is 0 Å². The molecule has 4 heteroatoms. The molecule has 0 aromatic carbocycles. The van der Waals surface area contributed by atoms with E-state index in [1.165, 1.54) is 7.11 Å². The second kappa shape index (κ2) is 4.18. The first-order valence-electron chi connectivity index (χ1n) is 5.62. The van der Waals surface area contributed by atoms with Gasteiger partial charge in [0.05, 0.1) is 19.8 Å². The van der Waals surface area contributed by atoms with Crippen molar-refractivity contribution in [1.82, 2.24) is 0 Å². The van der Waals surface area contributed by atoms with Crippen LogP contribution in [-0.4, -0.2) is 36.5 Å². The predicted molar refractivity (Wildman–Crippen MR) is 57.7 cm³/mol. The highest BCUT2D eigenvalue weighted by atomic mass is 16.6. The molecule has 1 saturated carbocycles. The van der Waals surface area contributed by atoms with Gasteiger partial charge in [0.1, 0.15) is 5.60 Å². The van der Waals surface area contributed by atoms with Crippen LogP contribution in [0.15, 0.2) is 12.7 Å². The molecule has 2 aliphatic rings. The average Bonchev–Trinajstić information content (AvgIpc) is 3.04. The van der Waals surface area contributed by atoms with E-state index in [0.29, 0.717) is 13.0 Å². The normalized spacial score (nSPS) is 41.8. The van der Waals surface area contributed by atoms with Gasteiger partial charge in [0.2, 0.25) is 0 Å². The molecule has 1 saturated heterocycles. The first-order valence-corrected chi connectivity index (χ1v) is 5.62. The molecule has 0 radical (unpaired) electrons. The zero-order chi connectivity index (χ0) is 11.8. The van der Waals surface area contributed by atoms with Crippen LogP contribution < -0.4 is 0 Å². The number of methoxy groups -OCH3 is 1. The molecule has 1 heterocycles. The number of hydrogen-bond acceptors (Lipinski definition) is 4. The topological polar surface area (TPSA) is 59.1 Å². The monoisotopic (exact) mass is 226 g/mol. The summed E-state index contributed by atoms with van der Waals surface area (Å²) in [4.78, 5) is 11.2. The quantitative estimate of drug-likeness (QED) is 0.441. The minimum Gasteiger partial charge on any atom is -0.469 e. The summed E-state index contributed by atoms with van der Waals surface area (Å²) in [5.41, 5.74) is -0.407. The Balaban J connectivity index is 2.01. The van der Waals surface area contributed by atoms with Gasteiger partial charge in [-0.3, -0.25) is 4.79 Å². The van der Waals surface area contributed by atoms with Crippen LogP contribution in [0.2, 0.25) is 0 Å². The lowest BCUT2D eigenvalue weighted by atomic mass is 9.72. The van der Waals surface area contributed by atoms with Crippen LogP contribution in [0.1, 0.15) is 19.3 Å². The van der Waals surface area contributed by atoms with E-state index in [4.69, 9.17) is 4.74 Å². The molecule has 1 aliphatic heterocycles. The second-order valence-corrected chi connectivity index (χ2v) is 4.78. The van der Waals surface area contributed by atoms with Gasteiger partial charge in [-0.2, -0.15) is 0 Å². The van der Waals surface area contributed by atoms with Crippen LogP contribution in [0, 0.1) is 11.8 Å². The number of rotatable bonds is 3. The maximum absolute atomic E-state index is 11.2. The Kier molecular flexibility index (Phi) is 3.04. The maximum atomic E-state index is 11.2. The van der Waals surface area contributed by atoms with Crippen molar-refractivity contribution in [2.24, 2.45) is 11.8 Å². The van der Waals surface area contributed by atoms with Gasteiger partial charge in [-0.1, -0.05) is 6.08 Å². The first-order chi connectivity index (χ1) is 7.61. The van der Waals surface area contributed by atoms with E-state index in [-0.39, 0.29) is 17.8 Å². The van der Waals surface area contributed by atoms with Crippen molar-refractivity contribution < 1.29 is 19.4 Å². The molecule has 4 atom stereocenters. The fourth-order valence-corrected chi connectivity index (χ4v) is 2.68. The fourth-order valence-electron chi connectivity index (χ4n) is 2.68. The van der Waals surface area contributed by atoms with Gasteiger partial charge in [0.15, 0.2) is 0 Å². The van der Waals surface area contributed by atoms with Gasteiger partial charge in [-0.15, -0.1) is 6.58 Å². The van der Waals surface area contributed by atoms with Crippen LogP contribution >= 0.6 is 0 Å². The predicted octanol–water partition coefficient (Wildman–Crippen LogP) is 0.892. The van der Waals surface area contributed by atoms with E-state index in [9.17, 15) is 9.90 Å². The Morgan fingerprint density at radius 3 is 2.94 bits per heavy atom. The lowest BCUT2D eigenvalue weighted by molar-refractivity contribution is -0.142. The minimum atomic E-state index is -0.473. The van der Waals surface area contributed by atoms with Gasteiger partial charge in [0, 0.05) is 12.3 Å². The van der Waals surface area contributed by atoms with Crippen molar-refractivity contribution in [3.8, 4) is 0 Å². The van der Waals surface area contributed by atoms with Crippen molar-refractivity contribution in [1.29, 1.82) is 0 Å².